The van der Waals surface area contributed by atoms with Gasteiger partial charge in [-0.1, -0.05) is 36.4 Å². The van der Waals surface area contributed by atoms with Crippen LogP contribution in [0.1, 0.15) is 12.5 Å². The van der Waals surface area contributed by atoms with Crippen LogP contribution < -0.4 is 9.64 Å². The van der Waals surface area contributed by atoms with E-state index in [0.717, 1.165) is 11.3 Å². The summed E-state index contributed by atoms with van der Waals surface area (Å²) in [7, 11) is 0. The number of amides is 1. The summed E-state index contributed by atoms with van der Waals surface area (Å²) in [5, 5.41) is 0. The number of benzene rings is 2. The second-order valence-corrected chi connectivity index (χ2v) is 4.53. The van der Waals surface area contributed by atoms with Gasteiger partial charge in [0.2, 0.25) is 0 Å². The SMILES string of the molecule is CCN(C(=O)COc1ccccc1)c1ccccc1C. The number of ether oxygens (including phenoxy) is 1. The molecule has 0 atom stereocenters. The van der Waals surface area contributed by atoms with Crippen LogP contribution >= 0.6 is 0 Å². The average Bonchev–Trinajstić information content (AvgIpc) is 2.49. The van der Waals surface area contributed by atoms with Crippen LogP contribution in [0.15, 0.2) is 54.6 Å². The van der Waals surface area contributed by atoms with E-state index >= 15 is 0 Å². The van der Waals surface area contributed by atoms with E-state index in [1.807, 2.05) is 68.4 Å². The number of likely N-dealkylation sites (N-methyl/N-ethyl adjacent to an activating group) is 1. The molecule has 0 aliphatic heterocycles. The molecule has 0 fully saturated rings. The molecule has 104 valence electrons. The maximum absolute atomic E-state index is 12.3. The molecule has 0 bridgehead atoms. The number of para-hydroxylation sites is 2. The van der Waals surface area contributed by atoms with E-state index in [2.05, 4.69) is 0 Å². The molecule has 0 N–H and O–H groups in total. The topological polar surface area (TPSA) is 29.5 Å². The van der Waals surface area contributed by atoms with Gasteiger partial charge in [-0.25, -0.2) is 0 Å². The Kier molecular flexibility index (Phi) is 4.77. The van der Waals surface area contributed by atoms with Crippen molar-refractivity contribution < 1.29 is 9.53 Å². The lowest BCUT2D eigenvalue weighted by Gasteiger charge is -2.23. The standard InChI is InChI=1S/C17H19NO2/c1-3-18(16-12-8-7-9-14(16)2)17(19)13-20-15-10-5-4-6-11-15/h4-12H,3,13H2,1-2H3. The van der Waals surface area contributed by atoms with Crippen LogP contribution in [0.3, 0.4) is 0 Å². The Morgan fingerprint density at radius 3 is 2.35 bits per heavy atom. The molecule has 0 radical (unpaired) electrons. The van der Waals surface area contributed by atoms with Gasteiger partial charge in [-0.3, -0.25) is 4.79 Å². The number of hydrogen-bond donors (Lipinski definition) is 0. The van der Waals surface area contributed by atoms with Crippen LogP contribution in [0.2, 0.25) is 0 Å². The fourth-order valence-corrected chi connectivity index (χ4v) is 2.09. The third-order valence-corrected chi connectivity index (χ3v) is 3.13. The summed E-state index contributed by atoms with van der Waals surface area (Å²) in [5.41, 5.74) is 2.03. The molecular formula is C17H19NO2. The summed E-state index contributed by atoms with van der Waals surface area (Å²) in [6.07, 6.45) is 0. The van der Waals surface area contributed by atoms with Crippen molar-refractivity contribution in [3.05, 3.63) is 60.2 Å². The highest BCUT2D eigenvalue weighted by Crippen LogP contribution is 2.19. The summed E-state index contributed by atoms with van der Waals surface area (Å²) >= 11 is 0. The van der Waals surface area contributed by atoms with Crippen molar-refractivity contribution in [2.45, 2.75) is 13.8 Å². The van der Waals surface area contributed by atoms with E-state index in [4.69, 9.17) is 4.74 Å². The zero-order chi connectivity index (χ0) is 14.4. The van der Waals surface area contributed by atoms with Gasteiger partial charge >= 0.3 is 0 Å². The van der Waals surface area contributed by atoms with Gasteiger partial charge in [0, 0.05) is 12.2 Å². The normalized spacial score (nSPS) is 10.1. The molecule has 0 saturated carbocycles. The summed E-state index contributed by atoms with van der Waals surface area (Å²) in [5.74, 6) is 0.673. The van der Waals surface area contributed by atoms with Crippen molar-refractivity contribution in [3.8, 4) is 5.75 Å². The highest BCUT2D eigenvalue weighted by molar-refractivity contribution is 5.95. The van der Waals surface area contributed by atoms with Crippen molar-refractivity contribution in [1.29, 1.82) is 0 Å². The fraction of sp³-hybridized carbons (Fsp3) is 0.235. The molecule has 0 aliphatic carbocycles. The number of nitrogens with zero attached hydrogens (tertiary/aromatic N) is 1. The molecule has 2 aromatic carbocycles. The van der Waals surface area contributed by atoms with Gasteiger partial charge in [-0.2, -0.15) is 0 Å². The van der Waals surface area contributed by atoms with E-state index in [1.165, 1.54) is 0 Å². The first-order valence-corrected chi connectivity index (χ1v) is 6.76. The minimum absolute atomic E-state index is 0.0364. The Morgan fingerprint density at radius 2 is 1.70 bits per heavy atom. The van der Waals surface area contributed by atoms with Crippen molar-refractivity contribution in [1.82, 2.24) is 0 Å². The minimum atomic E-state index is -0.0364. The Hall–Kier alpha value is -2.29. The van der Waals surface area contributed by atoms with Gasteiger partial charge in [-0.05, 0) is 37.6 Å². The van der Waals surface area contributed by atoms with Crippen LogP contribution in [0.4, 0.5) is 5.69 Å². The minimum Gasteiger partial charge on any atom is -0.484 e. The first-order valence-electron chi connectivity index (χ1n) is 6.76. The zero-order valence-corrected chi connectivity index (χ0v) is 11.9. The molecule has 2 rings (SSSR count). The van der Waals surface area contributed by atoms with Gasteiger partial charge in [0.25, 0.3) is 5.91 Å². The summed E-state index contributed by atoms with van der Waals surface area (Å²) < 4.78 is 5.52. The summed E-state index contributed by atoms with van der Waals surface area (Å²) in [6.45, 7) is 4.64. The maximum Gasteiger partial charge on any atom is 0.264 e. The lowest BCUT2D eigenvalue weighted by Crippen LogP contribution is -2.35. The molecule has 20 heavy (non-hydrogen) atoms. The zero-order valence-electron chi connectivity index (χ0n) is 11.9. The maximum atomic E-state index is 12.3. The van der Waals surface area contributed by atoms with Gasteiger partial charge in [-0.15, -0.1) is 0 Å². The van der Waals surface area contributed by atoms with E-state index in [-0.39, 0.29) is 12.5 Å². The molecule has 0 heterocycles. The molecule has 0 aromatic heterocycles. The Morgan fingerprint density at radius 1 is 1.05 bits per heavy atom. The van der Waals surface area contributed by atoms with Crippen LogP contribution in [0.25, 0.3) is 0 Å². The monoisotopic (exact) mass is 269 g/mol. The van der Waals surface area contributed by atoms with Gasteiger partial charge < -0.3 is 9.64 Å². The Balaban J connectivity index is 2.05. The first-order chi connectivity index (χ1) is 9.72. The number of rotatable bonds is 5. The van der Waals surface area contributed by atoms with Crippen molar-refractivity contribution in [3.63, 3.8) is 0 Å². The predicted octanol–water partition coefficient (Wildman–Crippen LogP) is 3.43. The quantitative estimate of drug-likeness (QED) is 0.832. The third-order valence-electron chi connectivity index (χ3n) is 3.13. The molecule has 0 saturated heterocycles. The lowest BCUT2D eigenvalue weighted by molar-refractivity contribution is -0.120. The second kappa shape index (κ2) is 6.75. The highest BCUT2D eigenvalue weighted by Gasteiger charge is 2.15. The van der Waals surface area contributed by atoms with E-state index in [9.17, 15) is 4.79 Å². The van der Waals surface area contributed by atoms with Gasteiger partial charge in [0.1, 0.15) is 5.75 Å². The summed E-state index contributed by atoms with van der Waals surface area (Å²) in [4.78, 5) is 14.0. The van der Waals surface area contributed by atoms with Gasteiger partial charge in [0.05, 0.1) is 0 Å². The number of aryl methyl sites for hydroxylation is 1. The summed E-state index contributed by atoms with van der Waals surface area (Å²) in [6, 6.07) is 17.3. The fourth-order valence-electron chi connectivity index (χ4n) is 2.09. The third kappa shape index (κ3) is 3.38. The molecule has 2 aromatic rings. The molecule has 1 amide bonds. The van der Waals surface area contributed by atoms with Crippen LogP contribution in [-0.2, 0) is 4.79 Å². The van der Waals surface area contributed by atoms with Crippen LogP contribution in [-0.4, -0.2) is 19.1 Å². The molecular weight excluding hydrogens is 250 g/mol. The molecule has 0 spiro atoms. The Bertz CT molecular complexity index is 566. The molecule has 0 unspecified atom stereocenters. The molecule has 3 heteroatoms. The van der Waals surface area contributed by atoms with E-state index < -0.39 is 0 Å². The first kappa shape index (κ1) is 14.1. The van der Waals surface area contributed by atoms with E-state index in [1.54, 1.807) is 4.90 Å². The second-order valence-electron chi connectivity index (χ2n) is 4.53. The van der Waals surface area contributed by atoms with Crippen LogP contribution in [0.5, 0.6) is 5.75 Å². The van der Waals surface area contributed by atoms with Crippen LogP contribution in [0, 0.1) is 6.92 Å². The molecule has 0 aliphatic rings. The van der Waals surface area contributed by atoms with Crippen molar-refractivity contribution in [2.75, 3.05) is 18.1 Å². The lowest BCUT2D eigenvalue weighted by atomic mass is 10.2. The number of anilines is 1. The number of carbonyl (C=O) groups is 1. The Labute approximate surface area is 119 Å². The molecule has 3 nitrogen and oxygen atoms in total. The van der Waals surface area contributed by atoms with Crippen molar-refractivity contribution >= 4 is 11.6 Å². The number of hydrogen-bond acceptors (Lipinski definition) is 2. The predicted molar refractivity (Wildman–Crippen MR) is 81.1 cm³/mol. The van der Waals surface area contributed by atoms with E-state index in [0.29, 0.717) is 12.3 Å². The highest BCUT2D eigenvalue weighted by atomic mass is 16.5. The number of carbonyl (C=O) groups excluding carboxylic acids is 1. The average molecular weight is 269 g/mol. The van der Waals surface area contributed by atoms with Crippen molar-refractivity contribution in [2.24, 2.45) is 0 Å². The largest absolute Gasteiger partial charge is 0.484 e. The smallest absolute Gasteiger partial charge is 0.264 e. The van der Waals surface area contributed by atoms with Gasteiger partial charge in [0.15, 0.2) is 6.61 Å².